The van der Waals surface area contributed by atoms with Gasteiger partial charge >= 0.3 is 12.0 Å². The van der Waals surface area contributed by atoms with Crippen LogP contribution in [0.2, 0.25) is 0 Å². The summed E-state index contributed by atoms with van der Waals surface area (Å²) in [6, 6.07) is 8.18. The molecule has 2 amide bonds. The van der Waals surface area contributed by atoms with Crippen molar-refractivity contribution in [3.63, 3.8) is 0 Å². The molecule has 1 saturated heterocycles. The number of amides is 2. The van der Waals surface area contributed by atoms with Gasteiger partial charge in [0.15, 0.2) is 0 Å². The van der Waals surface area contributed by atoms with Gasteiger partial charge in [0, 0.05) is 24.0 Å². The molecule has 1 heterocycles. The van der Waals surface area contributed by atoms with E-state index in [-0.39, 0.29) is 12.0 Å². The van der Waals surface area contributed by atoms with Crippen molar-refractivity contribution in [3.05, 3.63) is 29.8 Å². The highest BCUT2D eigenvalue weighted by molar-refractivity contribution is 7.99. The van der Waals surface area contributed by atoms with E-state index >= 15 is 0 Å². The van der Waals surface area contributed by atoms with Gasteiger partial charge in [0.1, 0.15) is 0 Å². The fourth-order valence-electron chi connectivity index (χ4n) is 3.48. The first kappa shape index (κ1) is 21.6. The summed E-state index contributed by atoms with van der Waals surface area (Å²) >= 11 is 1.51. The van der Waals surface area contributed by atoms with E-state index in [0.717, 1.165) is 37.1 Å². The Kier molecular flexibility index (Phi) is 8.98. The molecule has 0 aromatic heterocycles. The number of benzene rings is 1. The van der Waals surface area contributed by atoms with Crippen molar-refractivity contribution >= 4 is 29.4 Å². The number of carbonyl (C=O) groups excluding carboxylic acids is 2. The van der Waals surface area contributed by atoms with Crippen LogP contribution in [-0.2, 0) is 15.3 Å². The number of hydrogen-bond acceptors (Lipinski definition) is 4. The highest BCUT2D eigenvalue weighted by Crippen LogP contribution is 2.24. The van der Waals surface area contributed by atoms with E-state index in [2.05, 4.69) is 23.9 Å². The Balaban J connectivity index is 1.96. The average molecular weight is 393 g/mol. The molecule has 1 aliphatic heterocycles. The van der Waals surface area contributed by atoms with Gasteiger partial charge in [0.2, 0.25) is 0 Å². The molecular weight excluding hydrogens is 360 g/mol. The normalized spacial score (nSPS) is 17.5. The zero-order valence-electron chi connectivity index (χ0n) is 16.7. The van der Waals surface area contributed by atoms with E-state index < -0.39 is 0 Å². The molecular formula is C21H32N2O3S. The lowest BCUT2D eigenvalue weighted by Crippen LogP contribution is -2.43. The van der Waals surface area contributed by atoms with Gasteiger partial charge in [-0.25, -0.2) is 4.79 Å². The van der Waals surface area contributed by atoms with Crippen LogP contribution in [-0.4, -0.2) is 42.3 Å². The molecule has 1 fully saturated rings. The zero-order chi connectivity index (χ0) is 19.6. The number of methoxy groups -OCH3 is 1. The van der Waals surface area contributed by atoms with Gasteiger partial charge in [-0.2, -0.15) is 0 Å². The molecule has 1 unspecified atom stereocenters. The smallest absolute Gasteiger partial charge is 0.322 e. The topological polar surface area (TPSA) is 58.6 Å². The number of rotatable bonds is 7. The van der Waals surface area contributed by atoms with Gasteiger partial charge in [0.25, 0.3) is 0 Å². The maximum absolute atomic E-state index is 12.9. The number of thioether (sulfide) groups is 1. The molecule has 2 rings (SSSR count). The second-order valence-corrected chi connectivity index (χ2v) is 8.51. The highest BCUT2D eigenvalue weighted by atomic mass is 32.2. The van der Waals surface area contributed by atoms with Crippen LogP contribution in [0.25, 0.3) is 0 Å². The van der Waals surface area contributed by atoms with Crippen molar-refractivity contribution in [2.45, 2.75) is 57.7 Å². The molecule has 6 heteroatoms. The number of urea groups is 1. The monoisotopic (exact) mass is 392 g/mol. The molecule has 5 nitrogen and oxygen atoms in total. The summed E-state index contributed by atoms with van der Waals surface area (Å²) in [5, 5.41) is 3.08. The molecule has 1 atom stereocenters. The summed E-state index contributed by atoms with van der Waals surface area (Å²) in [6.07, 6.45) is 5.62. The molecule has 0 aliphatic carbocycles. The van der Waals surface area contributed by atoms with Crippen LogP contribution in [0.5, 0.6) is 0 Å². The third-order valence-corrected chi connectivity index (χ3v) is 5.75. The third-order valence-electron chi connectivity index (χ3n) is 4.78. The van der Waals surface area contributed by atoms with Crippen LogP contribution in [0, 0.1) is 5.92 Å². The molecule has 150 valence electrons. The van der Waals surface area contributed by atoms with Gasteiger partial charge in [-0.05, 0) is 42.9 Å². The first-order chi connectivity index (χ1) is 13.0. The quantitative estimate of drug-likeness (QED) is 0.670. The summed E-state index contributed by atoms with van der Waals surface area (Å²) < 4.78 is 4.66. The standard InChI is InChI=1S/C21H32N2O3S/c1-16(2)12-19-10-5-4-6-11-23(19)21(25)22-18-9-7-8-17(13-18)14-27-15-20(24)26-3/h7-9,13,16,19H,4-6,10-12,14-15H2,1-3H3,(H,22,25). The average Bonchev–Trinajstić information content (AvgIpc) is 2.86. The van der Waals surface area contributed by atoms with E-state index in [4.69, 9.17) is 0 Å². The first-order valence-corrected chi connectivity index (χ1v) is 11.0. The number of ether oxygens (including phenoxy) is 1. The number of esters is 1. The van der Waals surface area contributed by atoms with Crippen LogP contribution in [0.4, 0.5) is 10.5 Å². The molecule has 0 radical (unpaired) electrons. The number of carbonyl (C=O) groups is 2. The van der Waals surface area contributed by atoms with Gasteiger partial charge in [-0.1, -0.05) is 38.8 Å². The number of hydrogen-bond donors (Lipinski definition) is 1. The largest absolute Gasteiger partial charge is 0.468 e. The summed E-state index contributed by atoms with van der Waals surface area (Å²) in [7, 11) is 1.40. The van der Waals surface area contributed by atoms with Crippen molar-refractivity contribution in [1.29, 1.82) is 0 Å². The van der Waals surface area contributed by atoms with Crippen molar-refractivity contribution in [3.8, 4) is 0 Å². The van der Waals surface area contributed by atoms with Crippen LogP contribution in [0.15, 0.2) is 24.3 Å². The fraction of sp³-hybridized carbons (Fsp3) is 0.619. The number of likely N-dealkylation sites (tertiary alicyclic amines) is 1. The van der Waals surface area contributed by atoms with Gasteiger partial charge in [0.05, 0.1) is 12.9 Å². The molecule has 0 saturated carbocycles. The molecule has 1 aromatic rings. The minimum absolute atomic E-state index is 0.00177. The predicted octanol–water partition coefficient (Wildman–Crippen LogP) is 4.92. The summed E-state index contributed by atoms with van der Waals surface area (Å²) in [6.45, 7) is 5.27. The van der Waals surface area contributed by atoms with E-state index in [1.165, 1.54) is 31.7 Å². The fourth-order valence-corrected chi connectivity index (χ4v) is 4.28. The van der Waals surface area contributed by atoms with Crippen LogP contribution < -0.4 is 5.32 Å². The molecule has 1 N–H and O–H groups in total. The SMILES string of the molecule is COC(=O)CSCc1cccc(NC(=O)N2CCCCCC2CC(C)C)c1. The van der Waals surface area contributed by atoms with Crippen LogP contribution in [0.3, 0.4) is 0 Å². The van der Waals surface area contributed by atoms with Gasteiger partial charge in [-0.3, -0.25) is 4.79 Å². The maximum Gasteiger partial charge on any atom is 0.322 e. The van der Waals surface area contributed by atoms with Crippen molar-refractivity contribution in [2.24, 2.45) is 5.92 Å². The van der Waals surface area contributed by atoms with E-state index in [1.807, 2.05) is 29.2 Å². The number of nitrogens with one attached hydrogen (secondary N) is 1. The number of anilines is 1. The molecule has 1 aromatic carbocycles. The summed E-state index contributed by atoms with van der Waals surface area (Å²) in [5.41, 5.74) is 1.89. The maximum atomic E-state index is 12.9. The lowest BCUT2D eigenvalue weighted by molar-refractivity contribution is -0.137. The lowest BCUT2D eigenvalue weighted by atomic mass is 9.99. The molecule has 0 spiro atoms. The minimum Gasteiger partial charge on any atom is -0.468 e. The van der Waals surface area contributed by atoms with E-state index in [1.54, 1.807) is 0 Å². The van der Waals surface area contributed by atoms with Crippen molar-refractivity contribution in [1.82, 2.24) is 4.90 Å². The van der Waals surface area contributed by atoms with E-state index in [0.29, 0.717) is 23.5 Å². The van der Waals surface area contributed by atoms with Crippen LogP contribution in [0.1, 0.15) is 51.5 Å². The second-order valence-electron chi connectivity index (χ2n) is 7.53. The Morgan fingerprint density at radius 2 is 2.11 bits per heavy atom. The molecule has 1 aliphatic rings. The van der Waals surface area contributed by atoms with E-state index in [9.17, 15) is 9.59 Å². The summed E-state index contributed by atoms with van der Waals surface area (Å²) in [5.74, 6) is 1.40. The van der Waals surface area contributed by atoms with Gasteiger partial charge < -0.3 is 15.0 Å². The Morgan fingerprint density at radius 3 is 2.85 bits per heavy atom. The Hall–Kier alpha value is -1.69. The third kappa shape index (κ3) is 7.45. The Bertz CT molecular complexity index is 621. The van der Waals surface area contributed by atoms with Crippen molar-refractivity contribution in [2.75, 3.05) is 24.7 Å². The second kappa shape index (κ2) is 11.2. The zero-order valence-corrected chi connectivity index (χ0v) is 17.5. The Labute approximate surface area is 167 Å². The molecule has 27 heavy (non-hydrogen) atoms. The predicted molar refractivity (Wildman–Crippen MR) is 112 cm³/mol. The van der Waals surface area contributed by atoms with Gasteiger partial charge in [-0.15, -0.1) is 11.8 Å². The molecule has 0 bridgehead atoms. The summed E-state index contributed by atoms with van der Waals surface area (Å²) in [4.78, 5) is 26.2. The lowest BCUT2D eigenvalue weighted by Gasteiger charge is -2.31. The minimum atomic E-state index is -0.221. The van der Waals surface area contributed by atoms with Crippen LogP contribution >= 0.6 is 11.8 Å². The van der Waals surface area contributed by atoms with Crippen molar-refractivity contribution < 1.29 is 14.3 Å². The highest BCUT2D eigenvalue weighted by Gasteiger charge is 2.26. The number of nitrogens with zero attached hydrogens (tertiary/aromatic N) is 1. The Morgan fingerprint density at radius 1 is 1.30 bits per heavy atom. The first-order valence-electron chi connectivity index (χ1n) is 9.80.